The maximum atomic E-state index is 10.2. The van der Waals surface area contributed by atoms with Gasteiger partial charge in [-0.25, -0.2) is 0 Å². The molecule has 1 aromatic heterocycles. The van der Waals surface area contributed by atoms with Crippen molar-refractivity contribution in [2.45, 2.75) is 39.0 Å². The third kappa shape index (κ3) is 9.99. The van der Waals surface area contributed by atoms with E-state index in [0.29, 0.717) is 5.06 Å². The molecule has 0 spiro atoms. The van der Waals surface area contributed by atoms with Gasteiger partial charge in [0.15, 0.2) is 5.06 Å². The van der Waals surface area contributed by atoms with E-state index in [2.05, 4.69) is 11.6 Å². The monoisotopic (exact) mass is 272 g/mol. The predicted octanol–water partition coefficient (Wildman–Crippen LogP) is -5.04. The molecule has 0 saturated heterocycles. The molecule has 0 bridgehead atoms. The molecule has 84 valence electrons. The Morgan fingerprint density at radius 3 is 2.47 bits per heavy atom. The van der Waals surface area contributed by atoms with E-state index >= 15 is 0 Å². The SMILES string of the molecule is CCCCCCc1ccc(OB([O-])[O-])s1.[Na+].[Na+]. The molecule has 17 heavy (non-hydrogen) atoms. The van der Waals surface area contributed by atoms with E-state index in [9.17, 15) is 10.0 Å². The first kappa shape index (κ1) is 20.8. The summed E-state index contributed by atoms with van der Waals surface area (Å²) >= 11 is 1.40. The van der Waals surface area contributed by atoms with E-state index < -0.39 is 7.32 Å². The molecule has 0 aliphatic rings. The van der Waals surface area contributed by atoms with Gasteiger partial charge < -0.3 is 14.7 Å². The molecule has 0 unspecified atom stereocenters. The molecule has 0 radical (unpaired) electrons. The Kier molecular flexibility index (Phi) is 15.3. The summed E-state index contributed by atoms with van der Waals surface area (Å²) in [4.78, 5) is 1.18. The first-order valence-electron chi connectivity index (χ1n) is 5.29. The van der Waals surface area contributed by atoms with Gasteiger partial charge in [-0.1, -0.05) is 26.2 Å². The van der Waals surface area contributed by atoms with Crippen LogP contribution in [0, 0.1) is 0 Å². The minimum Gasteiger partial charge on any atom is -0.860 e. The van der Waals surface area contributed by atoms with Crippen LogP contribution in [0.3, 0.4) is 0 Å². The number of thiophene rings is 1. The van der Waals surface area contributed by atoms with Crippen LogP contribution in [0.2, 0.25) is 0 Å². The summed E-state index contributed by atoms with van der Waals surface area (Å²) in [7, 11) is -2.21. The number of hydrogen-bond acceptors (Lipinski definition) is 4. The zero-order chi connectivity index (χ0) is 11.1. The van der Waals surface area contributed by atoms with Crippen LogP contribution < -0.4 is 73.8 Å². The van der Waals surface area contributed by atoms with Gasteiger partial charge in [-0.3, -0.25) is 0 Å². The smallest absolute Gasteiger partial charge is 0.860 e. The molecule has 0 aliphatic heterocycles. The fourth-order valence-electron chi connectivity index (χ4n) is 1.38. The maximum absolute atomic E-state index is 10.2. The van der Waals surface area contributed by atoms with Gasteiger partial charge in [-0.05, 0) is 25.0 Å². The van der Waals surface area contributed by atoms with Crippen LogP contribution in [0.4, 0.5) is 0 Å². The molecular formula is C10H15BNa2O3S. The summed E-state index contributed by atoms with van der Waals surface area (Å²) in [6, 6.07) is 3.62. The zero-order valence-electron chi connectivity index (χ0n) is 10.9. The molecule has 0 fully saturated rings. The predicted molar refractivity (Wildman–Crippen MR) is 58.5 cm³/mol. The Morgan fingerprint density at radius 2 is 1.88 bits per heavy atom. The minimum absolute atomic E-state index is 0. The van der Waals surface area contributed by atoms with Crippen molar-refractivity contribution in [3.8, 4) is 5.06 Å². The summed E-state index contributed by atoms with van der Waals surface area (Å²) in [5.41, 5.74) is 0. The first-order chi connectivity index (χ1) is 7.22. The van der Waals surface area contributed by atoms with Crippen LogP contribution in [-0.2, 0) is 6.42 Å². The Balaban J connectivity index is 0. The molecule has 0 aliphatic carbocycles. The Hall–Kier alpha value is 1.48. The molecule has 1 aromatic rings. The second-order valence-electron chi connectivity index (χ2n) is 3.44. The summed E-state index contributed by atoms with van der Waals surface area (Å²) < 4.78 is 4.53. The number of aryl methyl sites for hydroxylation is 1. The van der Waals surface area contributed by atoms with Crippen molar-refractivity contribution in [1.29, 1.82) is 0 Å². The van der Waals surface area contributed by atoms with Crippen molar-refractivity contribution >= 4 is 18.7 Å². The van der Waals surface area contributed by atoms with Crippen LogP contribution in [0.25, 0.3) is 0 Å². The van der Waals surface area contributed by atoms with Crippen molar-refractivity contribution in [3.05, 3.63) is 17.0 Å². The van der Waals surface area contributed by atoms with E-state index in [0.717, 1.165) is 12.8 Å². The van der Waals surface area contributed by atoms with Crippen molar-refractivity contribution < 1.29 is 73.8 Å². The number of hydrogen-bond donors (Lipinski definition) is 0. The molecule has 0 aromatic carbocycles. The Labute approximate surface area is 152 Å². The fraction of sp³-hybridized carbons (Fsp3) is 0.600. The standard InChI is InChI=1S/C10H15BO3S.2Na/c1-2-3-4-5-6-9-7-8-10(15-9)14-11(12)13;;/h7-8H,2-6H2,1H3;;/q-2;2*+1. The van der Waals surface area contributed by atoms with E-state index in [1.165, 1.54) is 35.5 Å². The van der Waals surface area contributed by atoms with Crippen LogP contribution in [0.15, 0.2) is 12.1 Å². The molecule has 0 amide bonds. The molecule has 7 heteroatoms. The quantitative estimate of drug-likeness (QED) is 0.369. The van der Waals surface area contributed by atoms with Gasteiger partial charge in [-0.2, -0.15) is 0 Å². The van der Waals surface area contributed by atoms with Crippen molar-refractivity contribution in [3.63, 3.8) is 0 Å². The van der Waals surface area contributed by atoms with Crippen LogP contribution >= 0.6 is 11.3 Å². The van der Waals surface area contributed by atoms with Gasteiger partial charge in [0, 0.05) is 4.88 Å². The van der Waals surface area contributed by atoms with Crippen LogP contribution in [0.5, 0.6) is 5.06 Å². The Bertz CT molecular complexity index is 284. The van der Waals surface area contributed by atoms with E-state index in [1.54, 1.807) is 6.07 Å². The summed E-state index contributed by atoms with van der Waals surface area (Å²) in [6.07, 6.45) is 5.89. The summed E-state index contributed by atoms with van der Waals surface area (Å²) in [5, 5.41) is 20.9. The average Bonchev–Trinajstić information content (AvgIpc) is 2.59. The molecule has 0 atom stereocenters. The molecule has 0 saturated carbocycles. The molecule has 1 rings (SSSR count). The maximum Gasteiger partial charge on any atom is 1.00 e. The van der Waals surface area contributed by atoms with Gasteiger partial charge in [-0.15, -0.1) is 11.3 Å². The fourth-order valence-corrected chi connectivity index (χ4v) is 2.28. The van der Waals surface area contributed by atoms with Gasteiger partial charge in [0.1, 0.15) is 7.32 Å². The summed E-state index contributed by atoms with van der Waals surface area (Å²) in [6.45, 7) is 2.18. The minimum atomic E-state index is -2.21. The van der Waals surface area contributed by atoms with Crippen molar-refractivity contribution in [1.82, 2.24) is 0 Å². The second-order valence-corrected chi connectivity index (χ2v) is 4.57. The van der Waals surface area contributed by atoms with Crippen LogP contribution in [-0.4, -0.2) is 7.32 Å². The third-order valence-electron chi connectivity index (χ3n) is 2.13. The van der Waals surface area contributed by atoms with Crippen LogP contribution in [0.1, 0.15) is 37.5 Å². The average molecular weight is 272 g/mol. The van der Waals surface area contributed by atoms with Gasteiger partial charge in [0.05, 0.1) is 0 Å². The van der Waals surface area contributed by atoms with E-state index in [1.807, 2.05) is 6.07 Å². The van der Waals surface area contributed by atoms with Gasteiger partial charge in [0.25, 0.3) is 0 Å². The zero-order valence-corrected chi connectivity index (χ0v) is 15.7. The summed E-state index contributed by atoms with van der Waals surface area (Å²) in [5.74, 6) is 0. The van der Waals surface area contributed by atoms with E-state index in [4.69, 9.17) is 0 Å². The van der Waals surface area contributed by atoms with Gasteiger partial charge >= 0.3 is 59.1 Å². The van der Waals surface area contributed by atoms with Crippen molar-refractivity contribution in [2.75, 3.05) is 0 Å². The Morgan fingerprint density at radius 1 is 1.18 bits per heavy atom. The first-order valence-corrected chi connectivity index (χ1v) is 6.11. The van der Waals surface area contributed by atoms with E-state index in [-0.39, 0.29) is 59.1 Å². The third-order valence-corrected chi connectivity index (χ3v) is 3.16. The van der Waals surface area contributed by atoms with Crippen molar-refractivity contribution in [2.24, 2.45) is 0 Å². The molecular weight excluding hydrogens is 257 g/mol. The topological polar surface area (TPSA) is 55.3 Å². The second kappa shape index (κ2) is 12.5. The molecule has 0 N–H and O–H groups in total. The van der Waals surface area contributed by atoms with Gasteiger partial charge in [0.2, 0.25) is 0 Å². The number of unbranched alkanes of at least 4 members (excludes halogenated alkanes) is 3. The number of rotatable bonds is 7. The normalized spacial score (nSPS) is 9.12. The molecule has 3 nitrogen and oxygen atoms in total. The molecule has 1 heterocycles. The largest absolute Gasteiger partial charge is 1.00 e.